The summed E-state index contributed by atoms with van der Waals surface area (Å²) < 4.78 is 18.0. The number of carbonyl (C=O) groups excluding carboxylic acids is 4. The predicted molar refractivity (Wildman–Crippen MR) is 99.9 cm³/mol. The molecule has 0 saturated carbocycles. The zero-order valence-corrected chi connectivity index (χ0v) is 15.3. The predicted octanol–water partition coefficient (Wildman–Crippen LogP) is 1.18. The number of esters is 1. The SMILES string of the molecule is O=C(COC(=O)[C@@H]1CC(=O)N(c2ccc(F)cc2)C1)NNC(=O)c1ccccc1. The van der Waals surface area contributed by atoms with Gasteiger partial charge in [0.1, 0.15) is 5.82 Å². The van der Waals surface area contributed by atoms with Gasteiger partial charge in [-0.15, -0.1) is 0 Å². The summed E-state index contributed by atoms with van der Waals surface area (Å²) in [4.78, 5) is 49.2. The highest BCUT2D eigenvalue weighted by atomic mass is 19.1. The lowest BCUT2D eigenvalue weighted by molar-refractivity contribution is -0.152. The Morgan fingerprint density at radius 2 is 1.72 bits per heavy atom. The van der Waals surface area contributed by atoms with Crippen LogP contribution in [0, 0.1) is 11.7 Å². The normalized spacial score (nSPS) is 15.7. The number of anilines is 1. The molecule has 0 radical (unpaired) electrons. The van der Waals surface area contributed by atoms with Crippen LogP contribution in [0.5, 0.6) is 0 Å². The highest BCUT2D eigenvalue weighted by Crippen LogP contribution is 2.25. The number of amides is 3. The van der Waals surface area contributed by atoms with Crippen molar-refractivity contribution < 1.29 is 28.3 Å². The van der Waals surface area contributed by atoms with Gasteiger partial charge in [0.15, 0.2) is 6.61 Å². The van der Waals surface area contributed by atoms with E-state index in [-0.39, 0.29) is 18.9 Å². The van der Waals surface area contributed by atoms with E-state index in [0.717, 1.165) is 0 Å². The van der Waals surface area contributed by atoms with Crippen molar-refractivity contribution in [3.63, 3.8) is 0 Å². The van der Waals surface area contributed by atoms with Crippen LogP contribution < -0.4 is 15.8 Å². The van der Waals surface area contributed by atoms with E-state index in [1.165, 1.54) is 29.2 Å². The number of benzene rings is 2. The molecule has 3 amide bonds. The molecule has 2 aromatic carbocycles. The highest BCUT2D eigenvalue weighted by molar-refractivity contribution is 5.99. The molecule has 0 aliphatic carbocycles. The van der Waals surface area contributed by atoms with E-state index in [0.29, 0.717) is 11.3 Å². The van der Waals surface area contributed by atoms with Crippen molar-refractivity contribution >= 4 is 29.4 Å². The van der Waals surface area contributed by atoms with E-state index in [4.69, 9.17) is 4.74 Å². The van der Waals surface area contributed by atoms with Gasteiger partial charge >= 0.3 is 5.97 Å². The van der Waals surface area contributed by atoms with Crippen molar-refractivity contribution in [2.75, 3.05) is 18.1 Å². The second-order valence-corrected chi connectivity index (χ2v) is 6.36. The zero-order valence-electron chi connectivity index (χ0n) is 15.3. The first-order valence-corrected chi connectivity index (χ1v) is 8.81. The minimum atomic E-state index is -0.737. The maximum atomic E-state index is 13.0. The molecule has 1 fully saturated rings. The first-order chi connectivity index (χ1) is 13.9. The van der Waals surface area contributed by atoms with Gasteiger partial charge in [-0.05, 0) is 36.4 Å². The van der Waals surface area contributed by atoms with Gasteiger partial charge in [0.05, 0.1) is 5.92 Å². The average Bonchev–Trinajstić information content (AvgIpc) is 3.13. The molecule has 1 saturated heterocycles. The summed E-state index contributed by atoms with van der Waals surface area (Å²) in [5, 5.41) is 0. The maximum Gasteiger partial charge on any atom is 0.311 e. The summed E-state index contributed by atoms with van der Waals surface area (Å²) in [5.74, 6) is -3.39. The third-order valence-electron chi connectivity index (χ3n) is 4.29. The van der Waals surface area contributed by atoms with Crippen molar-refractivity contribution in [3.05, 3.63) is 66.0 Å². The number of hydrogen-bond donors (Lipinski definition) is 2. The van der Waals surface area contributed by atoms with Crippen molar-refractivity contribution in [3.8, 4) is 0 Å². The fourth-order valence-electron chi connectivity index (χ4n) is 2.81. The van der Waals surface area contributed by atoms with Gasteiger partial charge in [0, 0.05) is 24.2 Å². The van der Waals surface area contributed by atoms with Gasteiger partial charge in [-0.1, -0.05) is 18.2 Å². The molecule has 8 nitrogen and oxygen atoms in total. The second kappa shape index (κ2) is 8.96. The van der Waals surface area contributed by atoms with Gasteiger partial charge in [-0.2, -0.15) is 0 Å². The second-order valence-electron chi connectivity index (χ2n) is 6.36. The molecular formula is C20H18FN3O5. The Kier molecular flexibility index (Phi) is 6.18. The van der Waals surface area contributed by atoms with E-state index < -0.39 is 36.1 Å². The van der Waals surface area contributed by atoms with Crippen LogP contribution in [-0.4, -0.2) is 36.8 Å². The van der Waals surface area contributed by atoms with E-state index in [2.05, 4.69) is 10.9 Å². The van der Waals surface area contributed by atoms with Gasteiger partial charge < -0.3 is 9.64 Å². The summed E-state index contributed by atoms with van der Waals surface area (Å²) in [6.45, 7) is -0.523. The fourth-order valence-corrected chi connectivity index (χ4v) is 2.81. The van der Waals surface area contributed by atoms with Crippen LogP contribution in [0.2, 0.25) is 0 Å². The van der Waals surface area contributed by atoms with Crippen molar-refractivity contribution in [1.29, 1.82) is 0 Å². The molecule has 0 aromatic heterocycles. The van der Waals surface area contributed by atoms with Crippen molar-refractivity contribution in [1.82, 2.24) is 10.9 Å². The number of hydrogen-bond acceptors (Lipinski definition) is 5. The minimum Gasteiger partial charge on any atom is -0.455 e. The van der Waals surface area contributed by atoms with Crippen LogP contribution in [-0.2, 0) is 19.1 Å². The first-order valence-electron chi connectivity index (χ1n) is 8.81. The Morgan fingerprint density at radius 1 is 1.03 bits per heavy atom. The smallest absolute Gasteiger partial charge is 0.311 e. The Morgan fingerprint density at radius 3 is 2.41 bits per heavy atom. The Labute approximate surface area is 165 Å². The third kappa shape index (κ3) is 5.16. The first kappa shape index (κ1) is 20.0. The number of hydrazine groups is 1. The molecule has 3 rings (SSSR count). The monoisotopic (exact) mass is 399 g/mol. The molecule has 2 aromatic rings. The Bertz CT molecular complexity index is 917. The molecular weight excluding hydrogens is 381 g/mol. The lowest BCUT2D eigenvalue weighted by atomic mass is 10.1. The molecule has 150 valence electrons. The number of rotatable bonds is 5. The Hall–Kier alpha value is -3.75. The standard InChI is InChI=1S/C20H18FN3O5/c21-15-6-8-16(9-7-15)24-11-14(10-18(24)26)20(28)29-12-17(25)22-23-19(27)13-4-2-1-3-5-13/h1-9,14H,10-12H2,(H,22,25)(H,23,27)/t14-/m1/s1. The van der Waals surface area contributed by atoms with E-state index >= 15 is 0 Å². The van der Waals surface area contributed by atoms with Gasteiger partial charge in [-0.25, -0.2) is 4.39 Å². The quantitative estimate of drug-likeness (QED) is 0.580. The van der Waals surface area contributed by atoms with Crippen LogP contribution in [0.1, 0.15) is 16.8 Å². The molecule has 0 spiro atoms. The zero-order chi connectivity index (χ0) is 20.8. The molecule has 1 aliphatic rings. The maximum absolute atomic E-state index is 13.0. The Balaban J connectivity index is 1.44. The number of halogens is 1. The number of nitrogens with zero attached hydrogens (tertiary/aromatic N) is 1. The summed E-state index contributed by atoms with van der Waals surface area (Å²) in [5.41, 5.74) is 5.19. The third-order valence-corrected chi connectivity index (χ3v) is 4.29. The molecule has 1 aliphatic heterocycles. The molecule has 0 bridgehead atoms. The summed E-state index contributed by atoms with van der Waals surface area (Å²) in [6.07, 6.45) is -0.0669. The molecule has 0 unspecified atom stereocenters. The topological polar surface area (TPSA) is 105 Å². The van der Waals surface area contributed by atoms with Crippen molar-refractivity contribution in [2.24, 2.45) is 5.92 Å². The van der Waals surface area contributed by atoms with E-state index in [1.807, 2.05) is 0 Å². The van der Waals surface area contributed by atoms with E-state index in [1.54, 1.807) is 30.3 Å². The molecule has 29 heavy (non-hydrogen) atoms. The minimum absolute atomic E-state index is 0.0669. The average molecular weight is 399 g/mol. The van der Waals surface area contributed by atoms with Gasteiger partial charge in [-0.3, -0.25) is 30.0 Å². The largest absolute Gasteiger partial charge is 0.455 e. The van der Waals surface area contributed by atoms with Crippen LogP contribution in [0.25, 0.3) is 0 Å². The molecule has 1 atom stereocenters. The number of nitrogens with one attached hydrogen (secondary N) is 2. The van der Waals surface area contributed by atoms with Crippen LogP contribution >= 0.6 is 0 Å². The fraction of sp³-hybridized carbons (Fsp3) is 0.200. The summed E-state index contributed by atoms with van der Waals surface area (Å²) >= 11 is 0. The summed E-state index contributed by atoms with van der Waals surface area (Å²) in [6, 6.07) is 13.6. The van der Waals surface area contributed by atoms with E-state index in [9.17, 15) is 23.6 Å². The lowest BCUT2D eigenvalue weighted by Crippen LogP contribution is -2.43. The number of carbonyl (C=O) groups is 4. The molecule has 9 heteroatoms. The summed E-state index contributed by atoms with van der Waals surface area (Å²) in [7, 11) is 0. The van der Waals surface area contributed by atoms with Crippen LogP contribution in [0.15, 0.2) is 54.6 Å². The van der Waals surface area contributed by atoms with Crippen LogP contribution in [0.3, 0.4) is 0 Å². The van der Waals surface area contributed by atoms with Crippen molar-refractivity contribution in [2.45, 2.75) is 6.42 Å². The highest BCUT2D eigenvalue weighted by Gasteiger charge is 2.36. The van der Waals surface area contributed by atoms with Crippen LogP contribution in [0.4, 0.5) is 10.1 Å². The molecule has 2 N–H and O–H groups in total. The lowest BCUT2D eigenvalue weighted by Gasteiger charge is -2.16. The number of ether oxygens (including phenoxy) is 1. The van der Waals surface area contributed by atoms with Gasteiger partial charge in [0.25, 0.3) is 11.8 Å². The molecule has 1 heterocycles. The van der Waals surface area contributed by atoms with Gasteiger partial charge in [0.2, 0.25) is 5.91 Å².